The molecule has 1 heterocycles. The summed E-state index contributed by atoms with van der Waals surface area (Å²) >= 11 is 0. The van der Waals surface area contributed by atoms with Gasteiger partial charge in [0.2, 0.25) is 0 Å². The molecule has 0 aliphatic heterocycles. The van der Waals surface area contributed by atoms with Gasteiger partial charge in [-0.15, -0.1) is 0 Å². The maximum absolute atomic E-state index is 13.7. The number of hydrogen-bond donors (Lipinski definition) is 1. The Balaban J connectivity index is 2.57. The van der Waals surface area contributed by atoms with Crippen LogP contribution in [0, 0.1) is 5.82 Å². The fourth-order valence-corrected chi connectivity index (χ4v) is 1.90. The Bertz CT molecular complexity index is 683. The summed E-state index contributed by atoms with van der Waals surface area (Å²) in [5, 5.41) is 8.78. The lowest BCUT2D eigenvalue weighted by Crippen LogP contribution is -2.07. The summed E-state index contributed by atoms with van der Waals surface area (Å²) in [5.74, 6) is -2.15. The summed E-state index contributed by atoms with van der Waals surface area (Å²) in [4.78, 5) is 14.3. The molecule has 2 rings (SSSR count). The van der Waals surface area contributed by atoms with Crippen molar-refractivity contribution in [2.45, 2.75) is 12.6 Å². The van der Waals surface area contributed by atoms with Crippen molar-refractivity contribution in [2.24, 2.45) is 0 Å². The molecule has 1 N–H and O–H groups in total. The zero-order valence-electron chi connectivity index (χ0n) is 10.5. The molecule has 21 heavy (non-hydrogen) atoms. The molecule has 7 heteroatoms. The second-order valence-electron chi connectivity index (χ2n) is 4.30. The topological polar surface area (TPSA) is 50.2 Å². The number of pyridine rings is 1. The van der Waals surface area contributed by atoms with E-state index in [-0.39, 0.29) is 16.7 Å². The van der Waals surface area contributed by atoms with E-state index in [9.17, 15) is 22.4 Å². The molecule has 0 fully saturated rings. The first-order valence-corrected chi connectivity index (χ1v) is 5.81. The first-order valence-electron chi connectivity index (χ1n) is 5.81. The largest absolute Gasteiger partial charge is 0.481 e. The first kappa shape index (κ1) is 15.0. The second kappa shape index (κ2) is 5.51. The van der Waals surface area contributed by atoms with Gasteiger partial charge in [-0.1, -0.05) is 12.1 Å². The highest BCUT2D eigenvalue weighted by Gasteiger charge is 2.30. The maximum Gasteiger partial charge on any atom is 0.416 e. The van der Waals surface area contributed by atoms with Crippen molar-refractivity contribution >= 4 is 5.97 Å². The van der Waals surface area contributed by atoms with Crippen molar-refractivity contribution in [1.82, 2.24) is 4.98 Å². The maximum atomic E-state index is 13.7. The van der Waals surface area contributed by atoms with E-state index < -0.39 is 29.9 Å². The normalized spacial score (nSPS) is 11.4. The summed E-state index contributed by atoms with van der Waals surface area (Å²) in [5.41, 5.74) is -1.00. The predicted molar refractivity (Wildman–Crippen MR) is 66.0 cm³/mol. The Morgan fingerprint density at radius 2 is 1.95 bits per heavy atom. The number of rotatable bonds is 3. The van der Waals surface area contributed by atoms with Gasteiger partial charge in [-0.05, 0) is 17.7 Å². The fraction of sp³-hybridized carbons (Fsp3) is 0.143. The van der Waals surface area contributed by atoms with Gasteiger partial charge in [0.05, 0.1) is 18.2 Å². The molecule has 0 aliphatic carbocycles. The number of halogens is 4. The van der Waals surface area contributed by atoms with Gasteiger partial charge < -0.3 is 5.11 Å². The second-order valence-corrected chi connectivity index (χ2v) is 4.30. The predicted octanol–water partition coefficient (Wildman–Crippen LogP) is 3.53. The molecule has 3 nitrogen and oxygen atoms in total. The van der Waals surface area contributed by atoms with Gasteiger partial charge in [0.25, 0.3) is 0 Å². The van der Waals surface area contributed by atoms with Crippen LogP contribution in [-0.4, -0.2) is 16.1 Å². The summed E-state index contributed by atoms with van der Waals surface area (Å²) in [7, 11) is 0. The Morgan fingerprint density at radius 1 is 1.24 bits per heavy atom. The zero-order valence-corrected chi connectivity index (χ0v) is 10.5. The molecule has 1 aromatic heterocycles. The highest BCUT2D eigenvalue weighted by atomic mass is 19.4. The van der Waals surface area contributed by atoms with E-state index in [0.29, 0.717) is 0 Å². The van der Waals surface area contributed by atoms with E-state index >= 15 is 0 Å². The average molecular weight is 299 g/mol. The molecule has 0 saturated heterocycles. The van der Waals surface area contributed by atoms with E-state index in [2.05, 4.69) is 4.98 Å². The van der Waals surface area contributed by atoms with Crippen LogP contribution in [0.4, 0.5) is 17.6 Å². The van der Waals surface area contributed by atoms with Crippen LogP contribution in [0.5, 0.6) is 0 Å². The highest BCUT2D eigenvalue weighted by molar-refractivity contribution is 5.76. The number of carboxylic acids is 1. The lowest BCUT2D eigenvalue weighted by atomic mass is 9.98. The molecule has 0 amide bonds. The van der Waals surface area contributed by atoms with Gasteiger partial charge >= 0.3 is 12.1 Å². The van der Waals surface area contributed by atoms with E-state index in [1.165, 1.54) is 12.1 Å². The Hall–Kier alpha value is -2.44. The third kappa shape index (κ3) is 3.36. The zero-order chi connectivity index (χ0) is 15.6. The van der Waals surface area contributed by atoms with E-state index in [0.717, 1.165) is 24.5 Å². The standard InChI is InChI=1S/C14H9F4NO2/c15-12-7-19-6-11(10(12)5-13(20)21)8-2-1-3-9(4-8)14(16,17)18/h1-4,6-7H,5H2,(H,20,21). The third-order valence-electron chi connectivity index (χ3n) is 2.83. The molecule has 0 spiro atoms. The summed E-state index contributed by atoms with van der Waals surface area (Å²) in [6.07, 6.45) is -3.20. The van der Waals surface area contributed by atoms with Gasteiger partial charge in [-0.25, -0.2) is 4.39 Å². The van der Waals surface area contributed by atoms with Crippen molar-refractivity contribution in [3.8, 4) is 11.1 Å². The van der Waals surface area contributed by atoms with Crippen LogP contribution in [0.2, 0.25) is 0 Å². The summed E-state index contributed by atoms with van der Waals surface area (Å²) in [6, 6.07) is 4.24. The third-order valence-corrected chi connectivity index (χ3v) is 2.83. The average Bonchev–Trinajstić information content (AvgIpc) is 2.40. The molecule has 0 bridgehead atoms. The van der Waals surface area contributed by atoms with Crippen LogP contribution in [-0.2, 0) is 17.4 Å². The van der Waals surface area contributed by atoms with Gasteiger partial charge in [0.1, 0.15) is 5.82 Å². The Kier molecular flexibility index (Phi) is 3.93. The molecule has 0 aliphatic rings. The number of aliphatic carboxylic acids is 1. The number of carboxylic acid groups (broad SMARTS) is 1. The van der Waals surface area contributed by atoms with Crippen molar-refractivity contribution in [2.75, 3.05) is 0 Å². The van der Waals surface area contributed by atoms with Crippen LogP contribution >= 0.6 is 0 Å². The van der Waals surface area contributed by atoms with Crippen LogP contribution in [0.1, 0.15) is 11.1 Å². The van der Waals surface area contributed by atoms with Gasteiger partial charge in [0, 0.05) is 17.3 Å². The molecular weight excluding hydrogens is 290 g/mol. The smallest absolute Gasteiger partial charge is 0.416 e. The minimum absolute atomic E-state index is 0.0310. The number of nitrogens with zero attached hydrogens (tertiary/aromatic N) is 1. The Morgan fingerprint density at radius 3 is 2.57 bits per heavy atom. The summed E-state index contributed by atoms with van der Waals surface area (Å²) in [6.45, 7) is 0. The minimum atomic E-state index is -4.54. The van der Waals surface area contributed by atoms with Crippen LogP contribution in [0.15, 0.2) is 36.7 Å². The monoisotopic (exact) mass is 299 g/mol. The van der Waals surface area contributed by atoms with Crippen molar-refractivity contribution in [3.63, 3.8) is 0 Å². The molecule has 0 unspecified atom stereocenters. The fourth-order valence-electron chi connectivity index (χ4n) is 1.90. The quantitative estimate of drug-likeness (QED) is 0.882. The molecule has 110 valence electrons. The summed E-state index contributed by atoms with van der Waals surface area (Å²) < 4.78 is 51.8. The van der Waals surface area contributed by atoms with E-state index in [1.54, 1.807) is 0 Å². The first-order chi connectivity index (χ1) is 9.79. The number of aromatic nitrogens is 1. The molecule has 0 saturated carbocycles. The number of alkyl halides is 3. The van der Waals surface area contributed by atoms with Gasteiger partial charge in [-0.3, -0.25) is 9.78 Å². The molecule has 0 atom stereocenters. The number of benzene rings is 1. The lowest BCUT2D eigenvalue weighted by Gasteiger charge is -2.11. The molecule has 0 radical (unpaired) electrons. The SMILES string of the molecule is O=C(O)Cc1c(F)cncc1-c1cccc(C(F)(F)F)c1. The molecule has 1 aromatic carbocycles. The highest BCUT2D eigenvalue weighted by Crippen LogP contribution is 2.33. The Labute approximate surface area is 116 Å². The van der Waals surface area contributed by atoms with E-state index in [4.69, 9.17) is 5.11 Å². The van der Waals surface area contributed by atoms with Crippen molar-refractivity contribution in [3.05, 3.63) is 53.6 Å². The van der Waals surface area contributed by atoms with Gasteiger partial charge in [-0.2, -0.15) is 13.2 Å². The van der Waals surface area contributed by atoms with E-state index in [1.807, 2.05) is 0 Å². The van der Waals surface area contributed by atoms with Crippen LogP contribution in [0.3, 0.4) is 0 Å². The number of carbonyl (C=O) groups is 1. The minimum Gasteiger partial charge on any atom is -0.481 e. The van der Waals surface area contributed by atoms with Crippen LogP contribution < -0.4 is 0 Å². The van der Waals surface area contributed by atoms with Crippen molar-refractivity contribution < 1.29 is 27.5 Å². The van der Waals surface area contributed by atoms with Crippen molar-refractivity contribution in [1.29, 1.82) is 0 Å². The van der Waals surface area contributed by atoms with Crippen LogP contribution in [0.25, 0.3) is 11.1 Å². The lowest BCUT2D eigenvalue weighted by molar-refractivity contribution is -0.138. The number of hydrogen-bond acceptors (Lipinski definition) is 2. The molecular formula is C14H9F4NO2. The van der Waals surface area contributed by atoms with Gasteiger partial charge in [0.15, 0.2) is 0 Å². The molecule has 2 aromatic rings.